The maximum atomic E-state index is 12.8. The fourth-order valence-electron chi connectivity index (χ4n) is 3.11. The van der Waals surface area contributed by atoms with Gasteiger partial charge in [0.2, 0.25) is 5.91 Å². The van der Waals surface area contributed by atoms with Crippen LogP contribution in [0.15, 0.2) is 53.3 Å². The van der Waals surface area contributed by atoms with Crippen molar-refractivity contribution in [3.63, 3.8) is 0 Å². The summed E-state index contributed by atoms with van der Waals surface area (Å²) in [6, 6.07) is 15.4. The van der Waals surface area contributed by atoms with Gasteiger partial charge in [-0.05, 0) is 38.0 Å². The van der Waals surface area contributed by atoms with Gasteiger partial charge >= 0.3 is 0 Å². The van der Waals surface area contributed by atoms with Crippen LogP contribution in [0.3, 0.4) is 0 Å². The van der Waals surface area contributed by atoms with Gasteiger partial charge in [-0.25, -0.2) is 4.68 Å². The van der Waals surface area contributed by atoms with E-state index in [9.17, 15) is 9.59 Å². The molecule has 1 amide bonds. The highest BCUT2D eigenvalue weighted by molar-refractivity contribution is 5.83. The van der Waals surface area contributed by atoms with E-state index in [4.69, 9.17) is 0 Å². The predicted molar refractivity (Wildman–Crippen MR) is 103 cm³/mol. The lowest BCUT2D eigenvalue weighted by Crippen LogP contribution is -2.37. The molecule has 0 saturated carbocycles. The predicted octanol–water partition coefficient (Wildman–Crippen LogP) is 3.06. The monoisotopic (exact) mass is 349 g/mol. The average molecular weight is 349 g/mol. The SMILES string of the molecule is CCN(Cc1ccccc1C)C(=O)Cn1nc(C)c2ccccc2c1=O. The highest BCUT2D eigenvalue weighted by Crippen LogP contribution is 2.13. The molecule has 0 spiro atoms. The van der Waals surface area contributed by atoms with Crippen LogP contribution in [0, 0.1) is 13.8 Å². The molecule has 0 radical (unpaired) electrons. The van der Waals surface area contributed by atoms with Crippen LogP contribution in [0.1, 0.15) is 23.7 Å². The molecule has 0 atom stereocenters. The summed E-state index contributed by atoms with van der Waals surface area (Å²) in [5.41, 5.74) is 2.77. The number of nitrogens with zero attached hydrogens (tertiary/aromatic N) is 3. The summed E-state index contributed by atoms with van der Waals surface area (Å²) in [4.78, 5) is 27.2. The van der Waals surface area contributed by atoms with E-state index in [1.165, 1.54) is 4.68 Å². The van der Waals surface area contributed by atoms with Gasteiger partial charge in [-0.2, -0.15) is 5.10 Å². The number of carbonyl (C=O) groups is 1. The largest absolute Gasteiger partial charge is 0.337 e. The van der Waals surface area contributed by atoms with Crippen LogP contribution >= 0.6 is 0 Å². The Balaban J connectivity index is 1.87. The van der Waals surface area contributed by atoms with Crippen LogP contribution in [0.5, 0.6) is 0 Å². The van der Waals surface area contributed by atoms with Crippen molar-refractivity contribution < 1.29 is 4.79 Å². The normalized spacial score (nSPS) is 10.9. The first-order valence-corrected chi connectivity index (χ1v) is 8.80. The first kappa shape index (κ1) is 17.9. The molecular weight excluding hydrogens is 326 g/mol. The lowest BCUT2D eigenvalue weighted by atomic mass is 10.1. The molecule has 2 aromatic carbocycles. The van der Waals surface area contributed by atoms with Gasteiger partial charge < -0.3 is 4.90 Å². The summed E-state index contributed by atoms with van der Waals surface area (Å²) in [5, 5.41) is 5.76. The van der Waals surface area contributed by atoms with E-state index < -0.39 is 0 Å². The van der Waals surface area contributed by atoms with Gasteiger partial charge in [0.25, 0.3) is 5.56 Å². The first-order valence-electron chi connectivity index (χ1n) is 8.80. The van der Waals surface area contributed by atoms with E-state index in [-0.39, 0.29) is 18.0 Å². The molecule has 0 aliphatic heterocycles. The molecule has 0 N–H and O–H groups in total. The number of amides is 1. The smallest absolute Gasteiger partial charge is 0.275 e. The molecule has 0 fully saturated rings. The fourth-order valence-corrected chi connectivity index (χ4v) is 3.11. The molecule has 0 unspecified atom stereocenters. The summed E-state index contributed by atoms with van der Waals surface area (Å²) in [6.45, 7) is 6.89. The van der Waals surface area contributed by atoms with Crippen molar-refractivity contribution >= 4 is 16.7 Å². The van der Waals surface area contributed by atoms with E-state index >= 15 is 0 Å². The molecule has 1 aromatic heterocycles. The van der Waals surface area contributed by atoms with Gasteiger partial charge in [0.15, 0.2) is 0 Å². The quantitative estimate of drug-likeness (QED) is 0.711. The second-order valence-corrected chi connectivity index (χ2v) is 6.43. The van der Waals surface area contributed by atoms with E-state index in [0.717, 1.165) is 22.2 Å². The van der Waals surface area contributed by atoms with Crippen LogP contribution in [-0.4, -0.2) is 27.1 Å². The van der Waals surface area contributed by atoms with Crippen molar-refractivity contribution in [1.29, 1.82) is 0 Å². The molecular formula is C21H23N3O2. The summed E-state index contributed by atoms with van der Waals surface area (Å²) >= 11 is 0. The topological polar surface area (TPSA) is 55.2 Å². The third-order valence-corrected chi connectivity index (χ3v) is 4.69. The lowest BCUT2D eigenvalue weighted by Gasteiger charge is -2.22. The van der Waals surface area contributed by atoms with Crippen molar-refractivity contribution in [3.8, 4) is 0 Å². The van der Waals surface area contributed by atoms with Crippen molar-refractivity contribution in [3.05, 3.63) is 75.7 Å². The van der Waals surface area contributed by atoms with Gasteiger partial charge in [0.05, 0.1) is 11.1 Å². The van der Waals surface area contributed by atoms with Crippen LogP contribution in [-0.2, 0) is 17.9 Å². The molecule has 5 nitrogen and oxygen atoms in total. The van der Waals surface area contributed by atoms with Crippen LogP contribution in [0.4, 0.5) is 0 Å². The molecule has 0 aliphatic carbocycles. The number of aromatic nitrogens is 2. The van der Waals surface area contributed by atoms with Gasteiger partial charge in [0, 0.05) is 18.5 Å². The molecule has 3 rings (SSSR count). The minimum Gasteiger partial charge on any atom is -0.337 e. The Bertz CT molecular complexity index is 1010. The minimum absolute atomic E-state index is 0.0514. The number of benzene rings is 2. The Morgan fingerprint density at radius 1 is 1.04 bits per heavy atom. The average Bonchev–Trinajstić information content (AvgIpc) is 2.65. The maximum absolute atomic E-state index is 12.8. The maximum Gasteiger partial charge on any atom is 0.275 e. The van der Waals surface area contributed by atoms with Crippen molar-refractivity contribution in [1.82, 2.24) is 14.7 Å². The van der Waals surface area contributed by atoms with Gasteiger partial charge in [-0.3, -0.25) is 9.59 Å². The zero-order valence-electron chi connectivity index (χ0n) is 15.4. The van der Waals surface area contributed by atoms with Crippen molar-refractivity contribution in [2.24, 2.45) is 0 Å². The van der Waals surface area contributed by atoms with E-state index in [1.54, 1.807) is 11.0 Å². The summed E-state index contributed by atoms with van der Waals surface area (Å²) in [6.07, 6.45) is 0. The molecule has 0 bridgehead atoms. The lowest BCUT2D eigenvalue weighted by molar-refractivity contribution is -0.132. The fraction of sp³-hybridized carbons (Fsp3) is 0.286. The number of hydrogen-bond acceptors (Lipinski definition) is 3. The number of fused-ring (bicyclic) bond motifs is 1. The van der Waals surface area contributed by atoms with Crippen LogP contribution in [0.2, 0.25) is 0 Å². The zero-order chi connectivity index (χ0) is 18.7. The molecule has 134 valence electrons. The third kappa shape index (κ3) is 3.52. The van der Waals surface area contributed by atoms with Crippen LogP contribution in [0.25, 0.3) is 10.8 Å². The number of carbonyl (C=O) groups excluding carboxylic acids is 1. The second-order valence-electron chi connectivity index (χ2n) is 6.43. The Morgan fingerprint density at radius 3 is 2.38 bits per heavy atom. The summed E-state index contributed by atoms with van der Waals surface area (Å²) < 4.78 is 1.28. The third-order valence-electron chi connectivity index (χ3n) is 4.69. The second kappa shape index (κ2) is 7.52. The van der Waals surface area contributed by atoms with Crippen molar-refractivity contribution in [2.45, 2.75) is 33.9 Å². The minimum atomic E-state index is -0.230. The van der Waals surface area contributed by atoms with Gasteiger partial charge in [0.1, 0.15) is 6.54 Å². The molecule has 1 heterocycles. The number of rotatable bonds is 5. The zero-order valence-corrected chi connectivity index (χ0v) is 15.4. The molecule has 0 saturated heterocycles. The standard InChI is InChI=1S/C21H23N3O2/c1-4-23(13-17-10-6-5-9-15(17)2)20(25)14-24-21(26)19-12-8-7-11-18(19)16(3)22-24/h5-12H,4,13-14H2,1-3H3. The highest BCUT2D eigenvalue weighted by atomic mass is 16.2. The molecule has 5 heteroatoms. The molecule has 3 aromatic rings. The summed E-state index contributed by atoms with van der Waals surface area (Å²) in [5.74, 6) is -0.111. The number of aryl methyl sites for hydroxylation is 2. The Hall–Kier alpha value is -2.95. The summed E-state index contributed by atoms with van der Waals surface area (Å²) in [7, 11) is 0. The van der Waals surface area contributed by atoms with E-state index in [0.29, 0.717) is 18.5 Å². The molecule has 26 heavy (non-hydrogen) atoms. The van der Waals surface area contributed by atoms with Crippen LogP contribution < -0.4 is 5.56 Å². The van der Waals surface area contributed by atoms with E-state index in [2.05, 4.69) is 5.10 Å². The van der Waals surface area contributed by atoms with Gasteiger partial charge in [-0.1, -0.05) is 42.5 Å². The Morgan fingerprint density at radius 2 is 1.69 bits per heavy atom. The number of likely N-dealkylation sites (N-methyl/N-ethyl adjacent to an activating group) is 1. The molecule has 0 aliphatic rings. The first-order chi connectivity index (χ1) is 12.5. The highest BCUT2D eigenvalue weighted by Gasteiger charge is 2.16. The Kier molecular flexibility index (Phi) is 5.16. The van der Waals surface area contributed by atoms with Gasteiger partial charge in [-0.15, -0.1) is 0 Å². The van der Waals surface area contributed by atoms with E-state index in [1.807, 2.05) is 63.2 Å². The Labute approximate surface area is 152 Å². The van der Waals surface area contributed by atoms with Crippen molar-refractivity contribution in [2.75, 3.05) is 6.54 Å². The number of hydrogen-bond donors (Lipinski definition) is 0.